The third-order valence-electron chi connectivity index (χ3n) is 5.87. The van der Waals surface area contributed by atoms with E-state index in [-0.39, 0.29) is 28.0 Å². The first-order chi connectivity index (χ1) is 10.8. The molecule has 1 aromatic heterocycles. The van der Waals surface area contributed by atoms with Crippen molar-refractivity contribution in [3.63, 3.8) is 0 Å². The fraction of sp³-hybridized carbons (Fsp3) is 0.722. The molecule has 0 bridgehead atoms. The second-order valence-electron chi connectivity index (χ2n) is 8.94. The number of methoxy groups -OCH3 is 1. The van der Waals surface area contributed by atoms with Gasteiger partial charge in [-0.2, -0.15) is 0 Å². The summed E-state index contributed by atoms with van der Waals surface area (Å²) in [6.45, 7) is 16.0. The minimum atomic E-state index is -2.06. The van der Waals surface area contributed by atoms with Crippen LogP contribution in [0.3, 0.4) is 0 Å². The number of nitrogens with two attached hydrogens (primary N) is 1. The molecule has 2 rings (SSSR count). The molecule has 5 nitrogen and oxygen atoms in total. The van der Waals surface area contributed by atoms with Gasteiger partial charge in [-0.1, -0.05) is 34.6 Å². The quantitative estimate of drug-likeness (QED) is 0.848. The number of ether oxygens (including phenoxy) is 1. The summed E-state index contributed by atoms with van der Waals surface area (Å²) in [5.74, 6) is 0.376. The molecule has 0 spiro atoms. The van der Waals surface area contributed by atoms with Gasteiger partial charge in [-0.3, -0.25) is 4.79 Å². The van der Waals surface area contributed by atoms with Gasteiger partial charge in [0.2, 0.25) is 5.43 Å². The van der Waals surface area contributed by atoms with Crippen molar-refractivity contribution in [3.8, 4) is 5.75 Å². The average molecular weight is 353 g/mol. The standard InChI is InChI=1S/C18H32N2O3Si/c1-17(2,3)24(7,8)23-16-14-15(22-6)12(21)9-10-20(14)11-13(19)18(16,4)5/h9-10,13,16H,11,19H2,1-8H3. The Balaban J connectivity index is 2.65. The summed E-state index contributed by atoms with van der Waals surface area (Å²) in [7, 11) is -0.515. The molecular formula is C18H32N2O3Si. The highest BCUT2D eigenvalue weighted by atomic mass is 28.4. The molecule has 136 valence electrons. The maximum Gasteiger partial charge on any atom is 0.223 e. The predicted molar refractivity (Wildman–Crippen MR) is 100 cm³/mol. The summed E-state index contributed by atoms with van der Waals surface area (Å²) < 4.78 is 14.3. The van der Waals surface area contributed by atoms with Crippen LogP contribution in [0.25, 0.3) is 0 Å². The van der Waals surface area contributed by atoms with Crippen LogP contribution in [0, 0.1) is 5.41 Å². The smallest absolute Gasteiger partial charge is 0.223 e. The molecule has 2 atom stereocenters. The van der Waals surface area contributed by atoms with Gasteiger partial charge in [0.15, 0.2) is 14.1 Å². The first-order valence-electron chi connectivity index (χ1n) is 8.53. The maximum absolute atomic E-state index is 12.3. The fourth-order valence-electron chi connectivity index (χ4n) is 2.88. The summed E-state index contributed by atoms with van der Waals surface area (Å²) in [6.07, 6.45) is 1.53. The lowest BCUT2D eigenvalue weighted by Crippen LogP contribution is -2.54. The molecule has 1 aliphatic rings. The van der Waals surface area contributed by atoms with Gasteiger partial charge in [0.1, 0.15) is 0 Å². The van der Waals surface area contributed by atoms with Gasteiger partial charge in [-0.25, -0.2) is 0 Å². The van der Waals surface area contributed by atoms with Crippen LogP contribution >= 0.6 is 0 Å². The summed E-state index contributed by atoms with van der Waals surface area (Å²) >= 11 is 0. The highest BCUT2D eigenvalue weighted by Crippen LogP contribution is 2.49. The lowest BCUT2D eigenvalue weighted by Gasteiger charge is -2.49. The first kappa shape index (κ1) is 19.2. The number of aromatic nitrogens is 1. The molecule has 2 unspecified atom stereocenters. The number of hydrogen-bond acceptors (Lipinski definition) is 4. The zero-order chi connectivity index (χ0) is 18.5. The Kier molecular flexibility index (Phi) is 4.81. The Labute approximate surface area is 146 Å². The summed E-state index contributed by atoms with van der Waals surface area (Å²) in [5.41, 5.74) is 6.88. The number of rotatable bonds is 3. The Morgan fingerprint density at radius 2 is 1.92 bits per heavy atom. The second kappa shape index (κ2) is 6.00. The lowest BCUT2D eigenvalue weighted by molar-refractivity contribution is 0.00900. The molecule has 2 N–H and O–H groups in total. The Morgan fingerprint density at radius 3 is 2.42 bits per heavy atom. The van der Waals surface area contributed by atoms with E-state index in [1.807, 2.05) is 4.57 Å². The predicted octanol–water partition coefficient (Wildman–Crippen LogP) is 3.29. The lowest BCUT2D eigenvalue weighted by atomic mass is 9.75. The van der Waals surface area contributed by atoms with E-state index in [2.05, 4.69) is 47.7 Å². The highest BCUT2D eigenvalue weighted by Gasteiger charge is 2.49. The van der Waals surface area contributed by atoms with Crippen molar-refractivity contribution in [1.29, 1.82) is 0 Å². The fourth-order valence-corrected chi connectivity index (χ4v) is 4.24. The molecule has 1 aromatic rings. The molecule has 24 heavy (non-hydrogen) atoms. The molecular weight excluding hydrogens is 320 g/mol. The molecule has 2 heterocycles. The van der Waals surface area contributed by atoms with Crippen molar-refractivity contribution in [2.45, 2.75) is 71.4 Å². The monoisotopic (exact) mass is 352 g/mol. The van der Waals surface area contributed by atoms with Gasteiger partial charge in [0.25, 0.3) is 0 Å². The van der Waals surface area contributed by atoms with E-state index in [4.69, 9.17) is 14.9 Å². The first-order valence-corrected chi connectivity index (χ1v) is 11.4. The highest BCUT2D eigenvalue weighted by molar-refractivity contribution is 6.74. The van der Waals surface area contributed by atoms with Gasteiger partial charge in [-0.15, -0.1) is 0 Å². The second-order valence-corrected chi connectivity index (χ2v) is 13.7. The van der Waals surface area contributed by atoms with Crippen LogP contribution in [0.15, 0.2) is 17.1 Å². The summed E-state index contributed by atoms with van der Waals surface area (Å²) in [4.78, 5) is 12.3. The van der Waals surface area contributed by atoms with Crippen molar-refractivity contribution >= 4 is 8.32 Å². The Bertz CT molecular complexity index is 674. The molecule has 0 amide bonds. The van der Waals surface area contributed by atoms with Crippen LogP contribution < -0.4 is 15.9 Å². The number of hydrogen-bond donors (Lipinski definition) is 1. The topological polar surface area (TPSA) is 66.5 Å². The zero-order valence-electron chi connectivity index (χ0n) is 16.3. The van der Waals surface area contributed by atoms with Crippen molar-refractivity contribution in [3.05, 3.63) is 28.2 Å². The van der Waals surface area contributed by atoms with E-state index in [1.54, 1.807) is 13.3 Å². The Morgan fingerprint density at radius 1 is 1.33 bits per heavy atom. The van der Waals surface area contributed by atoms with E-state index in [1.165, 1.54) is 6.07 Å². The van der Waals surface area contributed by atoms with Gasteiger partial charge in [0.05, 0.1) is 18.9 Å². The normalized spacial score (nSPS) is 23.7. The van der Waals surface area contributed by atoms with Crippen LogP contribution in [0.2, 0.25) is 18.1 Å². The SMILES string of the molecule is COc1c2n(ccc1=O)CC(N)C(C)(C)C2O[Si](C)(C)C(C)(C)C. The van der Waals surface area contributed by atoms with E-state index in [9.17, 15) is 4.79 Å². The third-order valence-corrected chi connectivity index (χ3v) is 10.3. The van der Waals surface area contributed by atoms with Gasteiger partial charge in [0, 0.05) is 30.3 Å². The summed E-state index contributed by atoms with van der Waals surface area (Å²) in [5, 5.41) is 0.0672. The minimum Gasteiger partial charge on any atom is -0.491 e. The van der Waals surface area contributed by atoms with Crippen LogP contribution in [-0.2, 0) is 11.0 Å². The number of nitrogens with zero attached hydrogens (tertiary/aromatic N) is 1. The van der Waals surface area contributed by atoms with Gasteiger partial charge < -0.3 is 19.5 Å². The van der Waals surface area contributed by atoms with Gasteiger partial charge in [-0.05, 0) is 18.1 Å². The van der Waals surface area contributed by atoms with Crippen molar-refractivity contribution in [2.75, 3.05) is 7.11 Å². The summed E-state index contributed by atoms with van der Waals surface area (Å²) in [6, 6.07) is 1.48. The number of fused-ring (bicyclic) bond motifs is 1. The van der Waals surface area contributed by atoms with E-state index in [0.717, 1.165) is 5.69 Å². The van der Waals surface area contributed by atoms with Crippen LogP contribution in [-0.4, -0.2) is 26.0 Å². The van der Waals surface area contributed by atoms with Crippen molar-refractivity contribution in [2.24, 2.45) is 11.1 Å². The van der Waals surface area contributed by atoms with Crippen LogP contribution in [0.4, 0.5) is 0 Å². The molecule has 6 heteroatoms. The molecule has 0 saturated heterocycles. The molecule has 0 aliphatic carbocycles. The average Bonchev–Trinajstić information content (AvgIpc) is 2.43. The van der Waals surface area contributed by atoms with Crippen molar-refractivity contribution < 1.29 is 9.16 Å². The molecule has 1 aliphatic heterocycles. The molecule has 0 aromatic carbocycles. The third kappa shape index (κ3) is 3.07. The van der Waals surface area contributed by atoms with Crippen molar-refractivity contribution in [1.82, 2.24) is 4.57 Å². The molecule has 0 saturated carbocycles. The number of pyridine rings is 1. The van der Waals surface area contributed by atoms with E-state index < -0.39 is 8.32 Å². The Hall–Kier alpha value is -1.11. The van der Waals surface area contributed by atoms with Gasteiger partial charge >= 0.3 is 0 Å². The van der Waals surface area contributed by atoms with Crippen LogP contribution in [0.5, 0.6) is 5.75 Å². The maximum atomic E-state index is 12.3. The largest absolute Gasteiger partial charge is 0.491 e. The molecule has 0 radical (unpaired) electrons. The van der Waals surface area contributed by atoms with E-state index in [0.29, 0.717) is 12.3 Å². The van der Waals surface area contributed by atoms with E-state index >= 15 is 0 Å². The minimum absolute atomic E-state index is 0.0630. The molecule has 0 fully saturated rings. The zero-order valence-corrected chi connectivity index (χ0v) is 17.3. The van der Waals surface area contributed by atoms with Crippen LogP contribution in [0.1, 0.15) is 46.4 Å².